The highest BCUT2D eigenvalue weighted by molar-refractivity contribution is 5.88. The minimum absolute atomic E-state index is 0.000911. The molecule has 4 nitrogen and oxygen atoms in total. The summed E-state index contributed by atoms with van der Waals surface area (Å²) in [7, 11) is 1.62. The molecule has 0 unspecified atom stereocenters. The number of rotatable bonds is 5. The number of carbonyl (C=O) groups is 1. The Morgan fingerprint density at radius 2 is 2.04 bits per heavy atom. The first-order valence-corrected chi connectivity index (χ1v) is 8.64. The van der Waals surface area contributed by atoms with E-state index < -0.39 is 0 Å². The molecule has 1 aliphatic carbocycles. The van der Waals surface area contributed by atoms with E-state index in [2.05, 4.69) is 23.5 Å². The number of furan rings is 1. The van der Waals surface area contributed by atoms with E-state index >= 15 is 0 Å². The average molecular weight is 335 g/mol. The summed E-state index contributed by atoms with van der Waals surface area (Å²) in [6, 6.07) is 12.2. The van der Waals surface area contributed by atoms with E-state index in [-0.39, 0.29) is 5.91 Å². The second-order valence-electron chi connectivity index (χ2n) is 6.53. The smallest absolute Gasteiger partial charge is 0.224 e. The van der Waals surface area contributed by atoms with Crippen LogP contribution in [0.25, 0.3) is 11.0 Å². The summed E-state index contributed by atoms with van der Waals surface area (Å²) in [4.78, 5) is 12.3. The normalized spacial score (nSPS) is 13.0. The van der Waals surface area contributed by atoms with Crippen LogP contribution in [0.2, 0.25) is 0 Å². The number of benzene rings is 2. The van der Waals surface area contributed by atoms with Crippen LogP contribution in [0.3, 0.4) is 0 Å². The summed E-state index contributed by atoms with van der Waals surface area (Å²) in [5.41, 5.74) is 5.68. The number of hydrogen-bond acceptors (Lipinski definition) is 3. The van der Waals surface area contributed by atoms with Crippen LogP contribution >= 0.6 is 0 Å². The van der Waals surface area contributed by atoms with Gasteiger partial charge in [0.1, 0.15) is 11.3 Å². The van der Waals surface area contributed by atoms with E-state index in [4.69, 9.17) is 9.15 Å². The summed E-state index contributed by atoms with van der Waals surface area (Å²) in [5, 5.41) is 3.96. The van der Waals surface area contributed by atoms with Gasteiger partial charge in [0.05, 0.1) is 19.8 Å². The van der Waals surface area contributed by atoms with Crippen LogP contribution in [-0.4, -0.2) is 13.0 Å². The molecule has 0 saturated heterocycles. The molecule has 1 amide bonds. The van der Waals surface area contributed by atoms with E-state index in [0.29, 0.717) is 13.0 Å². The zero-order valence-corrected chi connectivity index (χ0v) is 14.3. The third-order valence-corrected chi connectivity index (χ3v) is 4.87. The molecule has 0 spiro atoms. The van der Waals surface area contributed by atoms with Crippen LogP contribution in [-0.2, 0) is 30.6 Å². The van der Waals surface area contributed by atoms with Gasteiger partial charge in [0.25, 0.3) is 0 Å². The molecule has 25 heavy (non-hydrogen) atoms. The third-order valence-electron chi connectivity index (χ3n) is 4.87. The van der Waals surface area contributed by atoms with E-state index in [9.17, 15) is 4.79 Å². The summed E-state index contributed by atoms with van der Waals surface area (Å²) in [5.74, 6) is 0.744. The van der Waals surface area contributed by atoms with Crippen molar-refractivity contribution in [2.45, 2.75) is 32.2 Å². The molecule has 1 heterocycles. The lowest BCUT2D eigenvalue weighted by Crippen LogP contribution is -2.24. The van der Waals surface area contributed by atoms with Crippen LogP contribution in [0.1, 0.15) is 28.7 Å². The predicted molar refractivity (Wildman–Crippen MR) is 96.8 cm³/mol. The number of ether oxygens (including phenoxy) is 1. The summed E-state index contributed by atoms with van der Waals surface area (Å²) >= 11 is 0. The van der Waals surface area contributed by atoms with Crippen LogP contribution < -0.4 is 10.1 Å². The molecule has 4 heteroatoms. The molecule has 0 bridgehead atoms. The average Bonchev–Trinajstić information content (AvgIpc) is 3.26. The molecule has 0 radical (unpaired) electrons. The minimum atomic E-state index is -0.000911. The maximum absolute atomic E-state index is 12.3. The number of amides is 1. The van der Waals surface area contributed by atoms with Gasteiger partial charge in [-0.05, 0) is 48.1 Å². The highest BCUT2D eigenvalue weighted by Crippen LogP contribution is 2.26. The highest BCUT2D eigenvalue weighted by atomic mass is 16.5. The number of fused-ring (bicyclic) bond motifs is 2. The monoisotopic (exact) mass is 335 g/mol. The van der Waals surface area contributed by atoms with Crippen molar-refractivity contribution in [3.8, 4) is 5.75 Å². The van der Waals surface area contributed by atoms with Crippen LogP contribution in [0.4, 0.5) is 0 Å². The molecule has 0 saturated carbocycles. The van der Waals surface area contributed by atoms with Gasteiger partial charge in [-0.15, -0.1) is 0 Å². The largest absolute Gasteiger partial charge is 0.497 e. The lowest BCUT2D eigenvalue weighted by atomic mass is 10.1. The fraction of sp³-hybridized carbons (Fsp3) is 0.286. The third kappa shape index (κ3) is 3.25. The molecule has 1 N–H and O–H groups in total. The lowest BCUT2D eigenvalue weighted by molar-refractivity contribution is -0.120. The van der Waals surface area contributed by atoms with E-state index in [1.54, 1.807) is 13.4 Å². The first-order valence-electron chi connectivity index (χ1n) is 8.64. The van der Waals surface area contributed by atoms with Crippen molar-refractivity contribution in [3.05, 3.63) is 64.9 Å². The molecule has 2 aromatic carbocycles. The topological polar surface area (TPSA) is 51.5 Å². The molecule has 128 valence electrons. The van der Waals surface area contributed by atoms with E-state index in [0.717, 1.165) is 34.3 Å². The van der Waals surface area contributed by atoms with Crippen LogP contribution in [0.5, 0.6) is 5.75 Å². The van der Waals surface area contributed by atoms with Gasteiger partial charge in [-0.1, -0.05) is 18.2 Å². The van der Waals surface area contributed by atoms with Gasteiger partial charge in [-0.3, -0.25) is 4.79 Å². The van der Waals surface area contributed by atoms with Crippen molar-refractivity contribution in [1.29, 1.82) is 0 Å². The molecule has 4 rings (SSSR count). The Bertz CT molecular complexity index is 926. The summed E-state index contributed by atoms with van der Waals surface area (Å²) in [6.45, 7) is 0.565. The first kappa shape index (κ1) is 15.8. The van der Waals surface area contributed by atoms with E-state index in [1.165, 1.54) is 24.0 Å². The quantitative estimate of drug-likeness (QED) is 0.772. The van der Waals surface area contributed by atoms with E-state index in [1.807, 2.05) is 18.2 Å². The maximum atomic E-state index is 12.3. The van der Waals surface area contributed by atoms with Gasteiger partial charge in [-0.2, -0.15) is 0 Å². The molecule has 0 fully saturated rings. The number of methoxy groups -OCH3 is 1. The Kier molecular flexibility index (Phi) is 4.18. The van der Waals surface area contributed by atoms with Crippen molar-refractivity contribution in [2.75, 3.05) is 7.11 Å². The van der Waals surface area contributed by atoms with Crippen LogP contribution in [0.15, 0.2) is 47.1 Å². The molecule has 1 aliphatic rings. The van der Waals surface area contributed by atoms with Gasteiger partial charge in [-0.25, -0.2) is 0 Å². The van der Waals surface area contributed by atoms with Gasteiger partial charge in [0.15, 0.2) is 0 Å². The molecule has 0 atom stereocenters. The number of nitrogens with one attached hydrogen (secondary N) is 1. The SMILES string of the molecule is COc1ccc2c(CC(=O)NCc3ccc4c(c3)CCC4)coc2c1. The van der Waals surface area contributed by atoms with Crippen LogP contribution in [0, 0.1) is 0 Å². The summed E-state index contributed by atoms with van der Waals surface area (Å²) in [6.07, 6.45) is 5.54. The second kappa shape index (κ2) is 6.63. The van der Waals surface area contributed by atoms with Crippen molar-refractivity contribution in [3.63, 3.8) is 0 Å². The van der Waals surface area contributed by atoms with Crippen molar-refractivity contribution >= 4 is 16.9 Å². The van der Waals surface area contributed by atoms with Crippen molar-refractivity contribution in [1.82, 2.24) is 5.32 Å². The highest BCUT2D eigenvalue weighted by Gasteiger charge is 2.13. The number of carbonyl (C=O) groups excluding carboxylic acids is 1. The molecule has 0 aliphatic heterocycles. The molecular formula is C21H21NO3. The number of hydrogen-bond donors (Lipinski definition) is 1. The lowest BCUT2D eigenvalue weighted by Gasteiger charge is -2.07. The molecule has 3 aromatic rings. The summed E-state index contributed by atoms with van der Waals surface area (Å²) < 4.78 is 10.7. The maximum Gasteiger partial charge on any atom is 0.224 e. The Balaban J connectivity index is 1.40. The Morgan fingerprint density at radius 1 is 1.16 bits per heavy atom. The van der Waals surface area contributed by atoms with Gasteiger partial charge < -0.3 is 14.5 Å². The Labute approximate surface area is 146 Å². The Hall–Kier alpha value is -2.75. The predicted octanol–water partition coefficient (Wildman–Crippen LogP) is 3.79. The van der Waals surface area contributed by atoms with Crippen molar-refractivity contribution in [2.24, 2.45) is 0 Å². The fourth-order valence-electron chi connectivity index (χ4n) is 3.50. The van der Waals surface area contributed by atoms with Gasteiger partial charge >= 0.3 is 0 Å². The van der Waals surface area contributed by atoms with Crippen molar-refractivity contribution < 1.29 is 13.9 Å². The number of aryl methyl sites for hydroxylation is 2. The zero-order chi connectivity index (χ0) is 17.2. The Morgan fingerprint density at radius 3 is 2.92 bits per heavy atom. The van der Waals surface area contributed by atoms with Gasteiger partial charge in [0, 0.05) is 23.6 Å². The minimum Gasteiger partial charge on any atom is -0.497 e. The fourth-order valence-corrected chi connectivity index (χ4v) is 3.50. The molecular weight excluding hydrogens is 314 g/mol. The second-order valence-corrected chi connectivity index (χ2v) is 6.53. The van der Waals surface area contributed by atoms with Gasteiger partial charge in [0.2, 0.25) is 5.91 Å². The molecule has 1 aromatic heterocycles. The zero-order valence-electron chi connectivity index (χ0n) is 14.3. The first-order chi connectivity index (χ1) is 12.2. The standard InChI is InChI=1S/C21H21NO3/c1-24-18-7-8-19-17(13-25-20(19)11-18)10-21(23)22-12-14-5-6-15-3-2-4-16(15)9-14/h5-9,11,13H,2-4,10,12H2,1H3,(H,22,23).